The van der Waals surface area contributed by atoms with Crippen LogP contribution in [0.4, 0.5) is 5.95 Å². The lowest BCUT2D eigenvalue weighted by Gasteiger charge is -2.54. The molecule has 3 aromatic rings. The fraction of sp³-hybridized carbons (Fsp3) is 0.381. The number of hydrogen-bond donors (Lipinski definition) is 2. The molecule has 30 heavy (non-hydrogen) atoms. The molecule has 2 saturated heterocycles. The van der Waals surface area contributed by atoms with Gasteiger partial charge >= 0.3 is 0 Å². The number of rotatable bonds is 4. The van der Waals surface area contributed by atoms with Crippen molar-refractivity contribution in [3.63, 3.8) is 0 Å². The van der Waals surface area contributed by atoms with Crippen molar-refractivity contribution < 1.29 is 14.4 Å². The fourth-order valence-corrected chi connectivity index (χ4v) is 4.57. The summed E-state index contributed by atoms with van der Waals surface area (Å²) in [7, 11) is 0. The number of piperidine rings is 1. The molecule has 1 amide bonds. The van der Waals surface area contributed by atoms with E-state index >= 15 is 0 Å². The molecule has 2 fully saturated rings. The van der Waals surface area contributed by atoms with Crippen LogP contribution in [0.25, 0.3) is 11.0 Å². The second-order valence-corrected chi connectivity index (χ2v) is 8.10. The summed E-state index contributed by atoms with van der Waals surface area (Å²) in [6.45, 7) is 4.97. The van der Waals surface area contributed by atoms with Gasteiger partial charge in [0.25, 0.3) is 5.91 Å². The van der Waals surface area contributed by atoms with Gasteiger partial charge in [-0.1, -0.05) is 18.2 Å². The van der Waals surface area contributed by atoms with Crippen LogP contribution < -0.4 is 10.4 Å². The number of furan rings is 1. The van der Waals surface area contributed by atoms with Gasteiger partial charge in [0.2, 0.25) is 5.95 Å². The standard InChI is InChI=1S/C21H23N5O3.ClH/c27-19(24-28)15-9-22-20(23-10-15)26-7-5-21(6-8-26)13-25(14-21)11-16-12-29-18-4-2-1-3-17(16)18;/h1-4,9-10,12,28H,5-8,11,13-14H2,(H,24,27);1H. The maximum absolute atomic E-state index is 11.4. The lowest BCUT2D eigenvalue weighted by Crippen LogP contribution is -2.59. The Morgan fingerprint density at radius 2 is 1.87 bits per heavy atom. The van der Waals surface area contributed by atoms with Crippen molar-refractivity contribution in [2.24, 2.45) is 5.41 Å². The lowest BCUT2D eigenvalue weighted by atomic mass is 9.72. The Labute approximate surface area is 180 Å². The van der Waals surface area contributed by atoms with E-state index in [2.05, 4.69) is 31.9 Å². The first-order chi connectivity index (χ1) is 14.2. The molecule has 0 atom stereocenters. The number of carbonyl (C=O) groups excluding carboxylic acids is 1. The molecule has 0 aliphatic carbocycles. The average molecular weight is 430 g/mol. The van der Waals surface area contributed by atoms with E-state index < -0.39 is 5.91 Å². The van der Waals surface area contributed by atoms with Crippen molar-refractivity contribution in [2.75, 3.05) is 31.1 Å². The Balaban J connectivity index is 0.00000218. The zero-order chi connectivity index (χ0) is 19.8. The molecule has 8 nitrogen and oxygen atoms in total. The molecule has 2 N–H and O–H groups in total. The van der Waals surface area contributed by atoms with Gasteiger partial charge in [-0.3, -0.25) is 14.9 Å². The number of anilines is 1. The van der Waals surface area contributed by atoms with Gasteiger partial charge in [-0.2, -0.15) is 0 Å². The first-order valence-corrected chi connectivity index (χ1v) is 9.85. The van der Waals surface area contributed by atoms with E-state index in [1.165, 1.54) is 23.3 Å². The van der Waals surface area contributed by atoms with Gasteiger partial charge in [-0.25, -0.2) is 15.4 Å². The minimum absolute atomic E-state index is 0. The summed E-state index contributed by atoms with van der Waals surface area (Å²) >= 11 is 0. The van der Waals surface area contributed by atoms with Gasteiger partial charge in [-0.15, -0.1) is 12.4 Å². The third-order valence-corrected chi connectivity index (χ3v) is 6.18. The highest BCUT2D eigenvalue weighted by Gasteiger charge is 2.45. The van der Waals surface area contributed by atoms with Crippen LogP contribution in [0.2, 0.25) is 0 Å². The molecule has 4 heterocycles. The summed E-state index contributed by atoms with van der Waals surface area (Å²) < 4.78 is 5.66. The molecule has 5 rings (SSSR count). The molecule has 1 spiro atoms. The van der Waals surface area contributed by atoms with E-state index in [4.69, 9.17) is 9.62 Å². The van der Waals surface area contributed by atoms with Crippen LogP contribution in [0.15, 0.2) is 47.3 Å². The van der Waals surface area contributed by atoms with Gasteiger partial charge in [0.15, 0.2) is 0 Å². The van der Waals surface area contributed by atoms with E-state index in [-0.39, 0.29) is 18.0 Å². The number of nitrogens with zero attached hydrogens (tertiary/aromatic N) is 4. The molecular formula is C21H24ClN5O3. The van der Waals surface area contributed by atoms with E-state index in [0.29, 0.717) is 11.4 Å². The zero-order valence-electron chi connectivity index (χ0n) is 16.5. The van der Waals surface area contributed by atoms with Gasteiger partial charge < -0.3 is 9.32 Å². The summed E-state index contributed by atoms with van der Waals surface area (Å²) in [5, 5.41) is 9.88. The fourth-order valence-electron chi connectivity index (χ4n) is 4.57. The second kappa shape index (κ2) is 8.22. The largest absolute Gasteiger partial charge is 0.464 e. The quantitative estimate of drug-likeness (QED) is 0.486. The summed E-state index contributed by atoms with van der Waals surface area (Å²) in [6, 6.07) is 8.19. The summed E-state index contributed by atoms with van der Waals surface area (Å²) in [5.74, 6) is 0.0319. The number of aromatic nitrogens is 2. The van der Waals surface area contributed by atoms with Gasteiger partial charge in [-0.05, 0) is 24.3 Å². The smallest absolute Gasteiger partial charge is 0.277 e. The van der Waals surface area contributed by atoms with Crippen LogP contribution in [-0.2, 0) is 6.54 Å². The molecule has 2 aliphatic heterocycles. The number of fused-ring (bicyclic) bond motifs is 1. The second-order valence-electron chi connectivity index (χ2n) is 8.10. The summed E-state index contributed by atoms with van der Waals surface area (Å²) in [4.78, 5) is 24.6. The zero-order valence-corrected chi connectivity index (χ0v) is 17.3. The number of likely N-dealkylation sites (tertiary alicyclic amines) is 1. The van der Waals surface area contributed by atoms with Crippen LogP contribution in [0.1, 0.15) is 28.8 Å². The third-order valence-electron chi connectivity index (χ3n) is 6.18. The first-order valence-electron chi connectivity index (χ1n) is 9.85. The minimum Gasteiger partial charge on any atom is -0.464 e. The Hall–Kier alpha value is -2.68. The van der Waals surface area contributed by atoms with E-state index in [1.54, 1.807) is 5.48 Å². The maximum Gasteiger partial charge on any atom is 0.277 e. The van der Waals surface area contributed by atoms with Crippen LogP contribution in [0.3, 0.4) is 0 Å². The average Bonchev–Trinajstić information content (AvgIpc) is 3.16. The van der Waals surface area contributed by atoms with Crippen molar-refractivity contribution >= 4 is 35.2 Å². The number of amides is 1. The topological polar surface area (TPSA) is 94.7 Å². The lowest BCUT2D eigenvalue weighted by molar-refractivity contribution is -0.0240. The number of nitrogens with one attached hydrogen (secondary N) is 1. The molecular weight excluding hydrogens is 406 g/mol. The number of benzene rings is 1. The maximum atomic E-state index is 11.4. The molecule has 9 heteroatoms. The molecule has 0 unspecified atom stereocenters. The Kier molecular flexibility index (Phi) is 5.64. The SMILES string of the molecule is Cl.O=C(NO)c1cnc(N2CCC3(CC2)CN(Cc2coc4ccccc24)C3)nc1. The van der Waals surface area contributed by atoms with E-state index in [0.717, 1.165) is 51.1 Å². The Morgan fingerprint density at radius 1 is 1.17 bits per heavy atom. The highest BCUT2D eigenvalue weighted by atomic mass is 35.5. The molecule has 2 aliphatic rings. The van der Waals surface area contributed by atoms with Crippen molar-refractivity contribution in [1.29, 1.82) is 0 Å². The predicted octanol–water partition coefficient (Wildman–Crippen LogP) is 2.87. The summed E-state index contributed by atoms with van der Waals surface area (Å²) in [6.07, 6.45) is 6.99. The highest BCUT2D eigenvalue weighted by molar-refractivity contribution is 5.92. The monoisotopic (exact) mass is 429 g/mol. The van der Waals surface area contributed by atoms with Crippen molar-refractivity contribution in [1.82, 2.24) is 20.3 Å². The Bertz CT molecular complexity index is 1020. The van der Waals surface area contributed by atoms with Crippen molar-refractivity contribution in [3.05, 3.63) is 54.0 Å². The minimum atomic E-state index is -0.603. The number of carbonyl (C=O) groups is 1. The van der Waals surface area contributed by atoms with Crippen LogP contribution in [-0.4, -0.2) is 52.2 Å². The van der Waals surface area contributed by atoms with E-state index in [9.17, 15) is 4.79 Å². The number of halogens is 1. The molecule has 2 aromatic heterocycles. The highest BCUT2D eigenvalue weighted by Crippen LogP contribution is 2.42. The first kappa shape index (κ1) is 20.6. The van der Waals surface area contributed by atoms with Crippen LogP contribution in [0.5, 0.6) is 0 Å². The number of hydrogen-bond acceptors (Lipinski definition) is 7. The van der Waals surface area contributed by atoms with Crippen molar-refractivity contribution in [3.8, 4) is 0 Å². The molecule has 0 saturated carbocycles. The molecule has 158 valence electrons. The number of para-hydroxylation sites is 1. The van der Waals surface area contributed by atoms with Gasteiger partial charge in [0, 0.05) is 56.1 Å². The van der Waals surface area contributed by atoms with Crippen molar-refractivity contribution in [2.45, 2.75) is 19.4 Å². The van der Waals surface area contributed by atoms with Gasteiger partial charge in [0.1, 0.15) is 5.58 Å². The van der Waals surface area contributed by atoms with Crippen LogP contribution in [0, 0.1) is 5.41 Å². The normalized spacial score (nSPS) is 18.1. The van der Waals surface area contributed by atoms with Crippen LogP contribution >= 0.6 is 12.4 Å². The van der Waals surface area contributed by atoms with Gasteiger partial charge in [0.05, 0.1) is 11.8 Å². The molecule has 0 bridgehead atoms. The Morgan fingerprint density at radius 3 is 2.57 bits per heavy atom. The summed E-state index contributed by atoms with van der Waals surface area (Å²) in [5.41, 5.74) is 4.43. The predicted molar refractivity (Wildman–Crippen MR) is 114 cm³/mol. The third kappa shape index (κ3) is 3.74. The van der Waals surface area contributed by atoms with E-state index in [1.807, 2.05) is 18.4 Å². The molecule has 0 radical (unpaired) electrons. The number of hydroxylamine groups is 1. The molecule has 1 aromatic carbocycles.